The molecule has 2 unspecified atom stereocenters. The van der Waals surface area contributed by atoms with Crippen LogP contribution in [0.1, 0.15) is 25.7 Å². The summed E-state index contributed by atoms with van der Waals surface area (Å²) in [6.07, 6.45) is 8.91. The second kappa shape index (κ2) is 3.40. The zero-order valence-electron chi connectivity index (χ0n) is 7.78. The summed E-state index contributed by atoms with van der Waals surface area (Å²) in [5, 5.41) is 0. The molecule has 1 aliphatic carbocycles. The number of hydrogen-bond acceptors (Lipinski definition) is 1. The van der Waals surface area contributed by atoms with Gasteiger partial charge in [0.2, 0.25) is 0 Å². The summed E-state index contributed by atoms with van der Waals surface area (Å²) in [4.78, 5) is 12.9. The molecule has 2 atom stereocenters. The lowest BCUT2D eigenvalue weighted by Crippen LogP contribution is -2.47. The highest BCUT2D eigenvalue weighted by Crippen LogP contribution is 2.29. The van der Waals surface area contributed by atoms with E-state index in [9.17, 15) is 4.79 Å². The Morgan fingerprint density at radius 3 is 3.08 bits per heavy atom. The van der Waals surface area contributed by atoms with Crippen LogP contribution in [0.15, 0.2) is 12.2 Å². The van der Waals surface area contributed by atoms with E-state index in [-0.39, 0.29) is 6.03 Å². The highest BCUT2D eigenvalue weighted by atomic mass is 16.2. The van der Waals surface area contributed by atoms with Gasteiger partial charge in [-0.25, -0.2) is 4.79 Å². The average Bonchev–Trinajstić information content (AvgIpc) is 2.28. The molecule has 2 amide bonds. The maximum atomic E-state index is 11.1. The topological polar surface area (TPSA) is 46.3 Å². The first kappa shape index (κ1) is 8.60. The Kier molecular flexibility index (Phi) is 2.25. The number of carbonyl (C=O) groups is 1. The zero-order valence-corrected chi connectivity index (χ0v) is 7.78. The van der Waals surface area contributed by atoms with Gasteiger partial charge in [-0.05, 0) is 31.6 Å². The molecule has 0 aromatic carbocycles. The summed E-state index contributed by atoms with van der Waals surface area (Å²) >= 11 is 0. The maximum Gasteiger partial charge on any atom is 0.315 e. The third kappa shape index (κ3) is 1.69. The van der Waals surface area contributed by atoms with E-state index in [4.69, 9.17) is 5.73 Å². The molecular weight excluding hydrogens is 164 g/mol. The third-order valence-corrected chi connectivity index (χ3v) is 3.11. The zero-order chi connectivity index (χ0) is 9.26. The predicted octanol–water partition coefficient (Wildman–Crippen LogP) is 1.50. The van der Waals surface area contributed by atoms with E-state index < -0.39 is 0 Å². The van der Waals surface area contributed by atoms with Crippen molar-refractivity contribution in [2.24, 2.45) is 11.7 Å². The second-order valence-electron chi connectivity index (χ2n) is 3.98. The van der Waals surface area contributed by atoms with Crippen LogP contribution in [0.5, 0.6) is 0 Å². The van der Waals surface area contributed by atoms with Crippen molar-refractivity contribution in [2.75, 3.05) is 6.54 Å². The molecule has 0 saturated carbocycles. The molecule has 3 nitrogen and oxygen atoms in total. The monoisotopic (exact) mass is 180 g/mol. The summed E-state index contributed by atoms with van der Waals surface area (Å²) in [6, 6.07) is 0.150. The fourth-order valence-corrected chi connectivity index (χ4v) is 2.40. The molecule has 13 heavy (non-hydrogen) atoms. The van der Waals surface area contributed by atoms with Crippen LogP contribution in [-0.2, 0) is 0 Å². The van der Waals surface area contributed by atoms with Crippen molar-refractivity contribution >= 4 is 6.03 Å². The molecule has 0 spiro atoms. The molecule has 3 heteroatoms. The van der Waals surface area contributed by atoms with Gasteiger partial charge in [-0.1, -0.05) is 12.2 Å². The summed E-state index contributed by atoms with van der Waals surface area (Å²) in [5.41, 5.74) is 5.32. The Balaban J connectivity index is 2.09. The molecule has 1 saturated heterocycles. The standard InChI is InChI=1S/C10H16N2O/c11-10(13)12-6-5-8-3-1-2-4-9(12)7-8/h1,3,8-9H,2,4-7H2,(H2,11,13). The Morgan fingerprint density at radius 2 is 2.31 bits per heavy atom. The van der Waals surface area contributed by atoms with Gasteiger partial charge in [0.15, 0.2) is 0 Å². The van der Waals surface area contributed by atoms with E-state index in [1.165, 1.54) is 0 Å². The van der Waals surface area contributed by atoms with Crippen molar-refractivity contribution in [2.45, 2.75) is 31.7 Å². The lowest BCUT2D eigenvalue weighted by molar-refractivity contribution is 0.143. The summed E-state index contributed by atoms with van der Waals surface area (Å²) in [7, 11) is 0. The first-order valence-electron chi connectivity index (χ1n) is 5.00. The molecular formula is C10H16N2O. The van der Waals surface area contributed by atoms with Crippen LogP contribution in [-0.4, -0.2) is 23.5 Å². The number of nitrogens with two attached hydrogens (primary N) is 1. The molecule has 0 radical (unpaired) electrons. The number of carbonyl (C=O) groups excluding carboxylic acids is 1. The van der Waals surface area contributed by atoms with Crippen LogP contribution in [0.25, 0.3) is 0 Å². The lowest BCUT2D eigenvalue weighted by atomic mass is 9.91. The van der Waals surface area contributed by atoms with Gasteiger partial charge in [0.25, 0.3) is 0 Å². The van der Waals surface area contributed by atoms with E-state index in [2.05, 4.69) is 12.2 Å². The molecule has 0 aromatic heterocycles. The van der Waals surface area contributed by atoms with Gasteiger partial charge in [0.05, 0.1) is 0 Å². The number of primary amides is 1. The number of amides is 2. The van der Waals surface area contributed by atoms with Crippen LogP contribution in [0.3, 0.4) is 0 Å². The molecule has 2 rings (SSSR count). The minimum absolute atomic E-state index is 0.245. The molecule has 72 valence electrons. The number of urea groups is 1. The summed E-state index contributed by atoms with van der Waals surface area (Å²) in [5.74, 6) is 0.683. The first-order valence-corrected chi connectivity index (χ1v) is 5.00. The molecule has 2 bridgehead atoms. The molecule has 1 fully saturated rings. The number of likely N-dealkylation sites (tertiary alicyclic amines) is 1. The Labute approximate surface area is 78.6 Å². The van der Waals surface area contributed by atoms with Crippen molar-refractivity contribution < 1.29 is 4.79 Å². The van der Waals surface area contributed by atoms with Crippen LogP contribution < -0.4 is 5.73 Å². The van der Waals surface area contributed by atoms with Crippen LogP contribution in [0.2, 0.25) is 0 Å². The van der Waals surface area contributed by atoms with E-state index in [0.717, 1.165) is 32.2 Å². The predicted molar refractivity (Wildman–Crippen MR) is 51.2 cm³/mol. The maximum absolute atomic E-state index is 11.1. The molecule has 0 aromatic rings. The molecule has 2 aliphatic rings. The van der Waals surface area contributed by atoms with Gasteiger partial charge in [0.1, 0.15) is 0 Å². The Bertz CT molecular complexity index is 237. The van der Waals surface area contributed by atoms with Gasteiger partial charge >= 0.3 is 6.03 Å². The number of nitrogens with zero attached hydrogens (tertiary/aromatic N) is 1. The minimum atomic E-state index is -0.245. The SMILES string of the molecule is NC(=O)N1CCC2C=CCCC1C2. The molecule has 1 heterocycles. The van der Waals surface area contributed by atoms with Crippen molar-refractivity contribution in [1.29, 1.82) is 0 Å². The summed E-state index contributed by atoms with van der Waals surface area (Å²) in [6.45, 7) is 0.842. The smallest absolute Gasteiger partial charge is 0.315 e. The Hall–Kier alpha value is -0.990. The fraction of sp³-hybridized carbons (Fsp3) is 0.700. The van der Waals surface area contributed by atoms with E-state index >= 15 is 0 Å². The van der Waals surface area contributed by atoms with Crippen LogP contribution >= 0.6 is 0 Å². The van der Waals surface area contributed by atoms with Crippen molar-refractivity contribution in [3.05, 3.63) is 12.2 Å². The number of hydrogen-bond donors (Lipinski definition) is 1. The molecule has 1 aliphatic heterocycles. The fourth-order valence-electron chi connectivity index (χ4n) is 2.40. The Morgan fingerprint density at radius 1 is 1.46 bits per heavy atom. The largest absolute Gasteiger partial charge is 0.351 e. The quantitative estimate of drug-likeness (QED) is 0.564. The minimum Gasteiger partial charge on any atom is -0.351 e. The van der Waals surface area contributed by atoms with Crippen LogP contribution in [0.4, 0.5) is 4.79 Å². The van der Waals surface area contributed by atoms with E-state index in [1.807, 2.05) is 4.90 Å². The highest BCUT2D eigenvalue weighted by molar-refractivity contribution is 5.72. The number of rotatable bonds is 0. The van der Waals surface area contributed by atoms with Gasteiger partial charge < -0.3 is 10.6 Å². The van der Waals surface area contributed by atoms with Gasteiger partial charge in [-0.15, -0.1) is 0 Å². The summed E-state index contributed by atoms with van der Waals surface area (Å²) < 4.78 is 0. The van der Waals surface area contributed by atoms with Crippen molar-refractivity contribution in [3.63, 3.8) is 0 Å². The molecule has 2 N–H and O–H groups in total. The lowest BCUT2D eigenvalue weighted by Gasteiger charge is -2.36. The third-order valence-electron chi connectivity index (χ3n) is 3.11. The van der Waals surface area contributed by atoms with Crippen LogP contribution in [0, 0.1) is 5.92 Å². The second-order valence-corrected chi connectivity index (χ2v) is 3.98. The van der Waals surface area contributed by atoms with Gasteiger partial charge in [0, 0.05) is 12.6 Å². The van der Waals surface area contributed by atoms with Crippen molar-refractivity contribution in [1.82, 2.24) is 4.90 Å². The van der Waals surface area contributed by atoms with E-state index in [1.54, 1.807) is 0 Å². The van der Waals surface area contributed by atoms with Gasteiger partial charge in [-0.3, -0.25) is 0 Å². The number of allylic oxidation sites excluding steroid dienone is 2. The van der Waals surface area contributed by atoms with Crippen molar-refractivity contribution in [3.8, 4) is 0 Å². The normalized spacial score (nSPS) is 32.8. The average molecular weight is 180 g/mol. The number of fused-ring (bicyclic) bond motifs is 2. The number of piperidine rings is 1. The van der Waals surface area contributed by atoms with E-state index in [0.29, 0.717) is 12.0 Å². The first-order chi connectivity index (χ1) is 6.27. The van der Waals surface area contributed by atoms with Gasteiger partial charge in [-0.2, -0.15) is 0 Å². The highest BCUT2D eigenvalue weighted by Gasteiger charge is 2.29.